The molecule has 0 aromatic heterocycles. The van der Waals surface area contributed by atoms with Gasteiger partial charge in [0.1, 0.15) is 0 Å². The van der Waals surface area contributed by atoms with Crippen molar-refractivity contribution in [1.29, 1.82) is 0 Å². The van der Waals surface area contributed by atoms with Crippen LogP contribution in [0.15, 0.2) is 35.3 Å². The van der Waals surface area contributed by atoms with Crippen LogP contribution in [0, 0.1) is 0 Å². The Bertz CT molecular complexity index is 318. The summed E-state index contributed by atoms with van der Waals surface area (Å²) >= 11 is 9.43. The number of rotatable bonds is 5. The first-order valence-corrected chi connectivity index (χ1v) is 6.16. The zero-order valence-electron chi connectivity index (χ0n) is 8.76. The van der Waals surface area contributed by atoms with E-state index in [4.69, 9.17) is 11.6 Å². The fourth-order valence-electron chi connectivity index (χ4n) is 1.39. The van der Waals surface area contributed by atoms with Gasteiger partial charge in [-0.05, 0) is 36.7 Å². The van der Waals surface area contributed by atoms with Crippen LogP contribution in [-0.2, 0) is 0 Å². The molecule has 0 bridgehead atoms. The van der Waals surface area contributed by atoms with E-state index in [1.807, 2.05) is 18.2 Å². The lowest BCUT2D eigenvalue weighted by molar-refractivity contribution is 0.613. The highest BCUT2D eigenvalue weighted by atomic mass is 79.9. The maximum Gasteiger partial charge on any atom is 0.0504 e. The Morgan fingerprint density at radius 1 is 1.53 bits per heavy atom. The molecule has 0 aliphatic heterocycles. The van der Waals surface area contributed by atoms with Gasteiger partial charge in [0.05, 0.1) is 6.04 Å². The van der Waals surface area contributed by atoms with Gasteiger partial charge in [-0.25, -0.2) is 0 Å². The summed E-state index contributed by atoms with van der Waals surface area (Å²) in [7, 11) is 0. The quantitative estimate of drug-likeness (QED) is 0.795. The number of halogens is 2. The third-order valence-electron chi connectivity index (χ3n) is 2.09. The SMILES string of the molecule is C=CC(NCCC)c1cc(Cl)cc(Br)c1. The molecule has 0 heterocycles. The van der Waals surface area contributed by atoms with Crippen LogP contribution in [0.1, 0.15) is 24.9 Å². The Morgan fingerprint density at radius 3 is 2.80 bits per heavy atom. The van der Waals surface area contributed by atoms with Crippen molar-refractivity contribution >= 4 is 27.5 Å². The number of hydrogen-bond acceptors (Lipinski definition) is 1. The van der Waals surface area contributed by atoms with Crippen molar-refractivity contribution in [2.24, 2.45) is 0 Å². The van der Waals surface area contributed by atoms with Crippen LogP contribution in [0.4, 0.5) is 0 Å². The molecule has 1 N–H and O–H groups in total. The molecule has 3 heteroatoms. The molecule has 1 nitrogen and oxygen atoms in total. The van der Waals surface area contributed by atoms with E-state index in [1.54, 1.807) is 0 Å². The van der Waals surface area contributed by atoms with E-state index >= 15 is 0 Å². The maximum atomic E-state index is 5.99. The van der Waals surface area contributed by atoms with Crippen molar-refractivity contribution in [3.05, 3.63) is 45.9 Å². The second kappa shape index (κ2) is 6.31. The third-order valence-corrected chi connectivity index (χ3v) is 2.77. The summed E-state index contributed by atoms with van der Waals surface area (Å²) in [5, 5.41) is 4.13. The molecule has 0 aliphatic rings. The van der Waals surface area contributed by atoms with Crippen LogP contribution in [0.5, 0.6) is 0 Å². The van der Waals surface area contributed by atoms with Crippen LogP contribution in [0.2, 0.25) is 5.02 Å². The Labute approximate surface area is 105 Å². The van der Waals surface area contributed by atoms with Gasteiger partial charge in [0.25, 0.3) is 0 Å². The molecule has 0 aliphatic carbocycles. The average molecular weight is 289 g/mol. The molecule has 1 atom stereocenters. The number of hydrogen-bond donors (Lipinski definition) is 1. The summed E-state index contributed by atoms with van der Waals surface area (Å²) in [6, 6.07) is 6.06. The van der Waals surface area contributed by atoms with E-state index in [0.29, 0.717) is 0 Å². The highest BCUT2D eigenvalue weighted by Gasteiger charge is 2.07. The van der Waals surface area contributed by atoms with Crippen molar-refractivity contribution in [2.45, 2.75) is 19.4 Å². The van der Waals surface area contributed by atoms with Gasteiger partial charge in [-0.3, -0.25) is 0 Å². The van der Waals surface area contributed by atoms with Gasteiger partial charge in [-0.15, -0.1) is 6.58 Å². The lowest BCUT2D eigenvalue weighted by Gasteiger charge is -2.15. The molecular weight excluding hydrogens is 273 g/mol. The minimum absolute atomic E-state index is 0.167. The Hall–Kier alpha value is -0.310. The Morgan fingerprint density at radius 2 is 2.27 bits per heavy atom. The van der Waals surface area contributed by atoms with Crippen molar-refractivity contribution in [2.75, 3.05) is 6.54 Å². The lowest BCUT2D eigenvalue weighted by atomic mass is 10.1. The molecule has 0 amide bonds. The fraction of sp³-hybridized carbons (Fsp3) is 0.333. The summed E-state index contributed by atoms with van der Waals surface area (Å²) in [5.41, 5.74) is 1.14. The summed E-state index contributed by atoms with van der Waals surface area (Å²) in [4.78, 5) is 0. The van der Waals surface area contributed by atoms with Gasteiger partial charge in [0.15, 0.2) is 0 Å². The van der Waals surface area contributed by atoms with Gasteiger partial charge in [0, 0.05) is 9.50 Å². The number of nitrogens with one attached hydrogen (secondary N) is 1. The summed E-state index contributed by atoms with van der Waals surface area (Å²) in [6.07, 6.45) is 3.00. The van der Waals surface area contributed by atoms with E-state index in [9.17, 15) is 0 Å². The van der Waals surface area contributed by atoms with Gasteiger partial charge in [-0.1, -0.05) is 40.5 Å². The van der Waals surface area contributed by atoms with Gasteiger partial charge < -0.3 is 5.32 Å². The Balaban J connectivity index is 2.86. The second-order valence-corrected chi connectivity index (χ2v) is 4.72. The minimum atomic E-state index is 0.167. The molecule has 0 saturated carbocycles. The molecule has 1 rings (SSSR count). The van der Waals surface area contributed by atoms with Crippen LogP contribution in [0.3, 0.4) is 0 Å². The first-order chi connectivity index (χ1) is 7.17. The van der Waals surface area contributed by atoms with Crippen LogP contribution in [0.25, 0.3) is 0 Å². The lowest BCUT2D eigenvalue weighted by Crippen LogP contribution is -2.20. The van der Waals surface area contributed by atoms with Crippen LogP contribution in [-0.4, -0.2) is 6.54 Å². The molecule has 1 unspecified atom stereocenters. The maximum absolute atomic E-state index is 5.99. The zero-order chi connectivity index (χ0) is 11.3. The Kier molecular flexibility index (Phi) is 5.37. The predicted molar refractivity (Wildman–Crippen MR) is 70.4 cm³/mol. The third kappa shape index (κ3) is 3.98. The highest BCUT2D eigenvalue weighted by molar-refractivity contribution is 9.10. The summed E-state index contributed by atoms with van der Waals surface area (Å²) in [6.45, 7) is 6.94. The monoisotopic (exact) mass is 287 g/mol. The molecule has 0 spiro atoms. The van der Waals surface area contributed by atoms with E-state index in [1.165, 1.54) is 0 Å². The van der Waals surface area contributed by atoms with Gasteiger partial charge in [-0.2, -0.15) is 0 Å². The van der Waals surface area contributed by atoms with Gasteiger partial charge in [0.2, 0.25) is 0 Å². The molecule has 1 aromatic carbocycles. The fourth-order valence-corrected chi connectivity index (χ4v) is 2.28. The average Bonchev–Trinajstić information content (AvgIpc) is 2.17. The molecule has 1 aromatic rings. The van der Waals surface area contributed by atoms with Crippen molar-refractivity contribution < 1.29 is 0 Å². The highest BCUT2D eigenvalue weighted by Crippen LogP contribution is 2.24. The van der Waals surface area contributed by atoms with Crippen LogP contribution < -0.4 is 5.32 Å². The molecule has 0 fully saturated rings. The topological polar surface area (TPSA) is 12.0 Å². The van der Waals surface area contributed by atoms with E-state index in [-0.39, 0.29) is 6.04 Å². The summed E-state index contributed by atoms with van der Waals surface area (Å²) < 4.78 is 0.996. The molecule has 0 saturated heterocycles. The number of benzene rings is 1. The summed E-state index contributed by atoms with van der Waals surface area (Å²) in [5.74, 6) is 0. The molecule has 82 valence electrons. The van der Waals surface area contributed by atoms with Gasteiger partial charge >= 0.3 is 0 Å². The molecular formula is C12H15BrClN. The van der Waals surface area contributed by atoms with Crippen LogP contribution >= 0.6 is 27.5 Å². The largest absolute Gasteiger partial charge is 0.307 e. The standard InChI is InChI=1S/C12H15BrClN/c1-3-5-15-12(4-2)9-6-10(13)8-11(14)7-9/h4,6-8,12,15H,2-3,5H2,1H3. The smallest absolute Gasteiger partial charge is 0.0504 e. The first-order valence-electron chi connectivity index (χ1n) is 4.99. The predicted octanol–water partition coefficient (Wildman–Crippen LogP) is 4.33. The van der Waals surface area contributed by atoms with Crippen molar-refractivity contribution in [3.8, 4) is 0 Å². The molecule has 0 radical (unpaired) electrons. The first kappa shape index (κ1) is 12.8. The second-order valence-electron chi connectivity index (χ2n) is 3.37. The van der Waals surface area contributed by atoms with Crippen molar-refractivity contribution in [1.82, 2.24) is 5.32 Å². The molecule has 15 heavy (non-hydrogen) atoms. The van der Waals surface area contributed by atoms with E-state index in [2.05, 4.69) is 40.8 Å². The minimum Gasteiger partial charge on any atom is -0.307 e. The van der Waals surface area contributed by atoms with E-state index in [0.717, 1.165) is 28.0 Å². The van der Waals surface area contributed by atoms with Crippen molar-refractivity contribution in [3.63, 3.8) is 0 Å². The zero-order valence-corrected chi connectivity index (χ0v) is 11.1. The van der Waals surface area contributed by atoms with E-state index < -0.39 is 0 Å². The normalized spacial score (nSPS) is 12.5.